The standard InChI is InChI=1S/C13H20N2OS/c1-4-8-14-13(17)15-11-6-5-7-12(9-11)16-10(2)3/h5-7,9-10H,4,8H2,1-3H3,(H2,14,15,17). The summed E-state index contributed by atoms with van der Waals surface area (Å²) in [5.41, 5.74) is 0.941. The van der Waals surface area contributed by atoms with Crippen molar-refractivity contribution in [3.05, 3.63) is 24.3 Å². The summed E-state index contributed by atoms with van der Waals surface area (Å²) in [6, 6.07) is 7.79. The average molecular weight is 252 g/mol. The molecule has 17 heavy (non-hydrogen) atoms. The minimum absolute atomic E-state index is 0.176. The van der Waals surface area contributed by atoms with Crippen molar-refractivity contribution >= 4 is 23.0 Å². The maximum Gasteiger partial charge on any atom is 0.170 e. The number of hydrogen-bond donors (Lipinski definition) is 2. The van der Waals surface area contributed by atoms with Crippen LogP contribution in [-0.2, 0) is 0 Å². The highest BCUT2D eigenvalue weighted by Gasteiger charge is 2.00. The van der Waals surface area contributed by atoms with Gasteiger partial charge in [-0.2, -0.15) is 0 Å². The van der Waals surface area contributed by atoms with Crippen molar-refractivity contribution < 1.29 is 4.74 Å². The summed E-state index contributed by atoms with van der Waals surface area (Å²) < 4.78 is 5.61. The zero-order valence-electron chi connectivity index (χ0n) is 10.6. The first kappa shape index (κ1) is 13.8. The van der Waals surface area contributed by atoms with Crippen molar-refractivity contribution in [2.45, 2.75) is 33.3 Å². The van der Waals surface area contributed by atoms with E-state index in [2.05, 4.69) is 17.6 Å². The third kappa shape index (κ3) is 5.54. The maximum absolute atomic E-state index is 5.61. The molecule has 2 N–H and O–H groups in total. The van der Waals surface area contributed by atoms with Crippen molar-refractivity contribution in [1.29, 1.82) is 0 Å². The number of benzene rings is 1. The molecule has 0 radical (unpaired) electrons. The zero-order chi connectivity index (χ0) is 12.7. The van der Waals surface area contributed by atoms with Gasteiger partial charge in [-0.25, -0.2) is 0 Å². The first-order valence-electron chi connectivity index (χ1n) is 5.93. The van der Waals surface area contributed by atoms with Gasteiger partial charge >= 0.3 is 0 Å². The van der Waals surface area contributed by atoms with E-state index in [0.717, 1.165) is 24.4 Å². The lowest BCUT2D eigenvalue weighted by atomic mass is 10.3. The summed E-state index contributed by atoms with van der Waals surface area (Å²) in [5.74, 6) is 0.850. The van der Waals surface area contributed by atoms with E-state index >= 15 is 0 Å². The lowest BCUT2D eigenvalue weighted by Gasteiger charge is -2.13. The maximum atomic E-state index is 5.61. The van der Waals surface area contributed by atoms with Gasteiger partial charge in [0.25, 0.3) is 0 Å². The van der Waals surface area contributed by atoms with E-state index in [0.29, 0.717) is 5.11 Å². The van der Waals surface area contributed by atoms with E-state index in [1.807, 2.05) is 38.1 Å². The van der Waals surface area contributed by atoms with Crippen LogP contribution in [0.15, 0.2) is 24.3 Å². The summed E-state index contributed by atoms with van der Waals surface area (Å²) in [4.78, 5) is 0. The SMILES string of the molecule is CCCNC(=S)Nc1cccc(OC(C)C)c1. The summed E-state index contributed by atoms with van der Waals surface area (Å²) in [7, 11) is 0. The molecule has 0 aliphatic heterocycles. The summed E-state index contributed by atoms with van der Waals surface area (Å²) >= 11 is 5.17. The number of thiocarbonyl (C=S) groups is 1. The fourth-order valence-corrected chi connectivity index (χ4v) is 1.55. The molecule has 0 fully saturated rings. The Bertz CT molecular complexity index is 366. The molecular weight excluding hydrogens is 232 g/mol. The van der Waals surface area contributed by atoms with Gasteiger partial charge in [-0.1, -0.05) is 13.0 Å². The molecule has 0 saturated heterocycles. The van der Waals surface area contributed by atoms with Gasteiger partial charge in [0.1, 0.15) is 5.75 Å². The van der Waals surface area contributed by atoms with E-state index in [-0.39, 0.29) is 6.10 Å². The Morgan fingerprint density at radius 2 is 2.18 bits per heavy atom. The molecule has 94 valence electrons. The third-order valence-corrected chi connectivity index (χ3v) is 2.25. The Hall–Kier alpha value is -1.29. The average Bonchev–Trinajstić information content (AvgIpc) is 2.26. The molecule has 4 heteroatoms. The van der Waals surface area contributed by atoms with Crippen LogP contribution in [0, 0.1) is 0 Å². The van der Waals surface area contributed by atoms with Crippen LogP contribution in [0.1, 0.15) is 27.2 Å². The predicted octanol–water partition coefficient (Wildman–Crippen LogP) is 3.17. The molecule has 0 aliphatic carbocycles. The molecule has 0 atom stereocenters. The molecule has 3 nitrogen and oxygen atoms in total. The highest BCUT2D eigenvalue weighted by Crippen LogP contribution is 2.18. The number of rotatable bonds is 5. The first-order chi connectivity index (χ1) is 8.11. The Balaban J connectivity index is 2.56. The molecular formula is C13H20N2OS. The van der Waals surface area contributed by atoms with E-state index in [9.17, 15) is 0 Å². The van der Waals surface area contributed by atoms with Gasteiger partial charge < -0.3 is 15.4 Å². The van der Waals surface area contributed by atoms with Gasteiger partial charge in [-0.15, -0.1) is 0 Å². The van der Waals surface area contributed by atoms with Crippen LogP contribution < -0.4 is 15.4 Å². The van der Waals surface area contributed by atoms with Gasteiger partial charge in [-0.3, -0.25) is 0 Å². The van der Waals surface area contributed by atoms with E-state index in [1.54, 1.807) is 0 Å². The summed E-state index contributed by atoms with van der Waals surface area (Å²) in [6.07, 6.45) is 1.23. The molecule has 1 rings (SSSR count). The molecule has 0 aliphatic rings. The van der Waals surface area contributed by atoms with Crippen molar-refractivity contribution in [2.24, 2.45) is 0 Å². The fourth-order valence-electron chi connectivity index (χ4n) is 1.33. The van der Waals surface area contributed by atoms with Crippen LogP contribution in [0.5, 0.6) is 5.75 Å². The third-order valence-electron chi connectivity index (χ3n) is 2.00. The lowest BCUT2D eigenvalue weighted by Crippen LogP contribution is -2.28. The normalized spacial score (nSPS) is 10.1. The second kappa shape index (κ2) is 7.12. The molecule has 0 amide bonds. The quantitative estimate of drug-likeness (QED) is 0.789. The van der Waals surface area contributed by atoms with Crippen molar-refractivity contribution in [2.75, 3.05) is 11.9 Å². The topological polar surface area (TPSA) is 33.3 Å². The van der Waals surface area contributed by atoms with Crippen LogP contribution in [-0.4, -0.2) is 17.8 Å². The lowest BCUT2D eigenvalue weighted by molar-refractivity contribution is 0.242. The van der Waals surface area contributed by atoms with Gasteiger partial charge in [0.2, 0.25) is 0 Å². The molecule has 0 saturated carbocycles. The summed E-state index contributed by atoms with van der Waals surface area (Å²) in [5, 5.41) is 6.90. The Kier molecular flexibility index (Phi) is 5.77. The minimum Gasteiger partial charge on any atom is -0.491 e. The molecule has 1 aromatic carbocycles. The van der Waals surface area contributed by atoms with Crippen LogP contribution in [0.25, 0.3) is 0 Å². The highest BCUT2D eigenvalue weighted by atomic mass is 32.1. The van der Waals surface area contributed by atoms with Gasteiger partial charge in [0, 0.05) is 18.3 Å². The number of nitrogens with one attached hydrogen (secondary N) is 2. The van der Waals surface area contributed by atoms with Crippen LogP contribution in [0.4, 0.5) is 5.69 Å². The van der Waals surface area contributed by atoms with Crippen molar-refractivity contribution in [3.8, 4) is 5.75 Å². The zero-order valence-corrected chi connectivity index (χ0v) is 11.4. The predicted molar refractivity (Wildman–Crippen MR) is 76.7 cm³/mol. The first-order valence-corrected chi connectivity index (χ1v) is 6.34. The Labute approximate surface area is 109 Å². The molecule has 0 unspecified atom stereocenters. The second-order valence-corrected chi connectivity index (χ2v) is 4.48. The monoisotopic (exact) mass is 252 g/mol. The van der Waals surface area contributed by atoms with Crippen LogP contribution in [0.3, 0.4) is 0 Å². The van der Waals surface area contributed by atoms with E-state index < -0.39 is 0 Å². The van der Waals surface area contributed by atoms with E-state index in [4.69, 9.17) is 17.0 Å². The van der Waals surface area contributed by atoms with Crippen LogP contribution in [0.2, 0.25) is 0 Å². The highest BCUT2D eigenvalue weighted by molar-refractivity contribution is 7.80. The Morgan fingerprint density at radius 3 is 2.82 bits per heavy atom. The smallest absolute Gasteiger partial charge is 0.170 e. The van der Waals surface area contributed by atoms with Gasteiger partial charge in [0.15, 0.2) is 5.11 Å². The minimum atomic E-state index is 0.176. The van der Waals surface area contributed by atoms with Crippen molar-refractivity contribution in [3.63, 3.8) is 0 Å². The second-order valence-electron chi connectivity index (χ2n) is 4.08. The van der Waals surface area contributed by atoms with Crippen molar-refractivity contribution in [1.82, 2.24) is 5.32 Å². The molecule has 1 aromatic rings. The number of hydrogen-bond acceptors (Lipinski definition) is 2. The van der Waals surface area contributed by atoms with E-state index in [1.165, 1.54) is 0 Å². The number of ether oxygens (including phenoxy) is 1. The number of anilines is 1. The molecule has 0 bridgehead atoms. The molecule has 0 heterocycles. The van der Waals surface area contributed by atoms with Crippen LogP contribution >= 0.6 is 12.2 Å². The summed E-state index contributed by atoms with van der Waals surface area (Å²) in [6.45, 7) is 7.00. The fraction of sp³-hybridized carbons (Fsp3) is 0.462. The van der Waals surface area contributed by atoms with Gasteiger partial charge in [0.05, 0.1) is 6.10 Å². The molecule has 0 spiro atoms. The Morgan fingerprint density at radius 1 is 1.41 bits per heavy atom. The van der Waals surface area contributed by atoms with Gasteiger partial charge in [-0.05, 0) is 44.6 Å². The largest absolute Gasteiger partial charge is 0.491 e. The molecule has 0 aromatic heterocycles.